The molecule has 0 saturated carbocycles. The van der Waals surface area contributed by atoms with Crippen molar-refractivity contribution in [2.45, 2.75) is 13.3 Å². The maximum atomic E-state index is 12.3. The van der Waals surface area contributed by atoms with E-state index in [-0.39, 0.29) is 29.5 Å². The third-order valence-electron chi connectivity index (χ3n) is 2.68. The number of nitro benzene ring substituents is 1. The molecule has 1 rings (SSSR count). The fourth-order valence-corrected chi connectivity index (χ4v) is 1.99. The van der Waals surface area contributed by atoms with Gasteiger partial charge in [-0.2, -0.15) is 0 Å². The number of hydrogen-bond donors (Lipinski definition) is 0. The van der Waals surface area contributed by atoms with Gasteiger partial charge in [-0.15, -0.1) is 0 Å². The van der Waals surface area contributed by atoms with Crippen LogP contribution in [0.2, 0.25) is 0 Å². The number of benzene rings is 1. The molecule has 0 saturated heterocycles. The van der Waals surface area contributed by atoms with Crippen LogP contribution < -0.4 is 4.74 Å². The van der Waals surface area contributed by atoms with Crippen LogP contribution in [0.25, 0.3) is 0 Å². The Labute approximate surface area is 126 Å². The van der Waals surface area contributed by atoms with Crippen LogP contribution >= 0.6 is 15.9 Å². The Morgan fingerprint density at radius 3 is 2.75 bits per heavy atom. The lowest BCUT2D eigenvalue weighted by Crippen LogP contribution is -2.28. The fraction of sp³-hybridized carbons (Fsp3) is 0.462. The number of rotatable bonds is 7. The zero-order chi connectivity index (χ0) is 15.1. The molecule has 6 nitrogen and oxygen atoms in total. The average molecular weight is 345 g/mol. The van der Waals surface area contributed by atoms with Crippen molar-refractivity contribution in [3.63, 3.8) is 0 Å². The molecule has 0 N–H and O–H groups in total. The third kappa shape index (κ3) is 3.93. The molecule has 0 aromatic heterocycles. The first-order valence-corrected chi connectivity index (χ1v) is 7.36. The lowest BCUT2D eigenvalue weighted by atomic mass is 10.1. The van der Waals surface area contributed by atoms with Gasteiger partial charge in [0.05, 0.1) is 17.1 Å². The van der Waals surface area contributed by atoms with E-state index >= 15 is 0 Å². The van der Waals surface area contributed by atoms with Crippen LogP contribution in [0.1, 0.15) is 23.7 Å². The second-order valence-electron chi connectivity index (χ2n) is 4.11. The van der Waals surface area contributed by atoms with Crippen molar-refractivity contribution in [2.24, 2.45) is 0 Å². The molecule has 1 aromatic rings. The summed E-state index contributed by atoms with van der Waals surface area (Å²) in [5, 5.41) is 11.8. The van der Waals surface area contributed by atoms with E-state index < -0.39 is 4.92 Å². The van der Waals surface area contributed by atoms with Crippen LogP contribution in [0.15, 0.2) is 18.2 Å². The van der Waals surface area contributed by atoms with Gasteiger partial charge in [-0.1, -0.05) is 22.0 Å². The monoisotopic (exact) mass is 344 g/mol. The standard InChI is InChI=1S/C13H17BrN2O4/c1-3-20-12-10(6-4-7-11(12)16(18)19)13(17)15(2)9-5-8-14/h4,6-7H,3,5,8-9H2,1-2H3. The number of ether oxygens (including phenoxy) is 1. The van der Waals surface area contributed by atoms with E-state index in [0.717, 1.165) is 11.8 Å². The molecule has 0 aliphatic heterocycles. The molecule has 0 aliphatic rings. The van der Waals surface area contributed by atoms with Crippen LogP contribution in [0.3, 0.4) is 0 Å². The van der Waals surface area contributed by atoms with Gasteiger partial charge in [-0.3, -0.25) is 14.9 Å². The SMILES string of the molecule is CCOc1c(C(=O)N(C)CCCBr)cccc1[N+](=O)[O-]. The van der Waals surface area contributed by atoms with E-state index in [1.807, 2.05) is 0 Å². The van der Waals surface area contributed by atoms with E-state index in [0.29, 0.717) is 6.54 Å². The molecule has 7 heteroatoms. The van der Waals surface area contributed by atoms with Gasteiger partial charge in [-0.25, -0.2) is 0 Å². The van der Waals surface area contributed by atoms with Crippen molar-refractivity contribution < 1.29 is 14.5 Å². The van der Waals surface area contributed by atoms with E-state index in [4.69, 9.17) is 4.74 Å². The topological polar surface area (TPSA) is 72.7 Å². The minimum absolute atomic E-state index is 0.0377. The smallest absolute Gasteiger partial charge is 0.311 e. The molecule has 0 bridgehead atoms. The lowest BCUT2D eigenvalue weighted by Gasteiger charge is -2.18. The average Bonchev–Trinajstić information content (AvgIpc) is 2.44. The summed E-state index contributed by atoms with van der Waals surface area (Å²) in [4.78, 5) is 24.3. The Morgan fingerprint density at radius 2 is 2.20 bits per heavy atom. The first-order valence-electron chi connectivity index (χ1n) is 6.24. The number of hydrogen-bond acceptors (Lipinski definition) is 4. The summed E-state index contributed by atoms with van der Waals surface area (Å²) in [7, 11) is 1.67. The Morgan fingerprint density at radius 1 is 1.50 bits per heavy atom. The molecule has 0 spiro atoms. The number of carbonyl (C=O) groups is 1. The van der Waals surface area contributed by atoms with Crippen molar-refractivity contribution in [1.82, 2.24) is 4.90 Å². The zero-order valence-corrected chi connectivity index (χ0v) is 13.1. The molecule has 0 fully saturated rings. The highest BCUT2D eigenvalue weighted by Gasteiger charge is 2.24. The summed E-state index contributed by atoms with van der Waals surface area (Å²) in [5.41, 5.74) is 0.0321. The van der Waals surface area contributed by atoms with Crippen molar-refractivity contribution in [3.05, 3.63) is 33.9 Å². The van der Waals surface area contributed by atoms with Gasteiger partial charge in [0.15, 0.2) is 0 Å². The molecular weight excluding hydrogens is 328 g/mol. The van der Waals surface area contributed by atoms with Gasteiger partial charge in [0.2, 0.25) is 5.75 Å². The van der Waals surface area contributed by atoms with E-state index in [1.54, 1.807) is 20.0 Å². The van der Waals surface area contributed by atoms with Crippen molar-refractivity contribution in [1.29, 1.82) is 0 Å². The van der Waals surface area contributed by atoms with E-state index in [1.165, 1.54) is 17.0 Å². The molecule has 0 aliphatic carbocycles. The highest BCUT2D eigenvalue weighted by molar-refractivity contribution is 9.09. The quantitative estimate of drug-likeness (QED) is 0.433. The first-order chi connectivity index (χ1) is 9.52. The zero-order valence-electron chi connectivity index (χ0n) is 11.5. The summed E-state index contributed by atoms with van der Waals surface area (Å²) in [6.45, 7) is 2.55. The van der Waals surface area contributed by atoms with Crippen LogP contribution in [0, 0.1) is 10.1 Å². The van der Waals surface area contributed by atoms with Crippen LogP contribution in [-0.4, -0.2) is 41.3 Å². The Balaban J connectivity index is 3.13. The number of nitrogens with zero attached hydrogens (tertiary/aromatic N) is 2. The summed E-state index contributed by atoms with van der Waals surface area (Å²) in [6.07, 6.45) is 0.807. The first kappa shape index (κ1) is 16.4. The normalized spacial score (nSPS) is 10.2. The number of amides is 1. The lowest BCUT2D eigenvalue weighted by molar-refractivity contribution is -0.385. The minimum Gasteiger partial charge on any atom is -0.487 e. The van der Waals surface area contributed by atoms with Crippen molar-refractivity contribution >= 4 is 27.5 Å². The van der Waals surface area contributed by atoms with Gasteiger partial charge in [0.25, 0.3) is 5.91 Å². The summed E-state index contributed by atoms with van der Waals surface area (Å²) in [5.74, 6) is -0.242. The van der Waals surface area contributed by atoms with Gasteiger partial charge in [0, 0.05) is 25.0 Å². The molecule has 0 heterocycles. The van der Waals surface area contributed by atoms with Crippen molar-refractivity contribution in [3.8, 4) is 5.75 Å². The van der Waals surface area contributed by atoms with Crippen LogP contribution in [0.4, 0.5) is 5.69 Å². The molecule has 0 atom stereocenters. The van der Waals surface area contributed by atoms with E-state index in [9.17, 15) is 14.9 Å². The molecule has 110 valence electrons. The third-order valence-corrected chi connectivity index (χ3v) is 3.24. The molecule has 20 heavy (non-hydrogen) atoms. The Hall–Kier alpha value is -1.63. The molecule has 0 unspecified atom stereocenters. The highest BCUT2D eigenvalue weighted by Crippen LogP contribution is 2.31. The highest BCUT2D eigenvalue weighted by atomic mass is 79.9. The molecule has 1 amide bonds. The molecular formula is C13H17BrN2O4. The van der Waals surface area contributed by atoms with Gasteiger partial charge in [-0.05, 0) is 19.4 Å². The molecule has 1 aromatic carbocycles. The Kier molecular flexibility index (Phi) is 6.44. The number of alkyl halides is 1. The predicted octanol–water partition coefficient (Wildman–Crippen LogP) is 2.85. The van der Waals surface area contributed by atoms with Gasteiger partial charge in [0.1, 0.15) is 0 Å². The number of para-hydroxylation sites is 1. The largest absolute Gasteiger partial charge is 0.487 e. The van der Waals surface area contributed by atoms with Crippen molar-refractivity contribution in [2.75, 3.05) is 25.5 Å². The van der Waals surface area contributed by atoms with Crippen LogP contribution in [0.5, 0.6) is 5.75 Å². The summed E-state index contributed by atoms with van der Waals surface area (Å²) in [6, 6.07) is 4.37. The maximum absolute atomic E-state index is 12.3. The predicted molar refractivity (Wildman–Crippen MR) is 79.6 cm³/mol. The second-order valence-corrected chi connectivity index (χ2v) is 4.91. The Bertz CT molecular complexity index is 493. The van der Waals surface area contributed by atoms with Gasteiger partial charge < -0.3 is 9.64 Å². The number of halogens is 1. The van der Waals surface area contributed by atoms with Crippen LogP contribution in [-0.2, 0) is 0 Å². The summed E-state index contributed by atoms with van der Waals surface area (Å²) < 4.78 is 5.31. The fourth-order valence-electron chi connectivity index (χ4n) is 1.74. The number of nitro groups is 1. The number of carbonyl (C=O) groups excluding carboxylic acids is 1. The van der Waals surface area contributed by atoms with Gasteiger partial charge >= 0.3 is 5.69 Å². The maximum Gasteiger partial charge on any atom is 0.311 e. The molecule has 0 radical (unpaired) electrons. The minimum atomic E-state index is -0.541. The summed E-state index contributed by atoms with van der Waals surface area (Å²) >= 11 is 3.30. The second kappa shape index (κ2) is 7.84. The van der Waals surface area contributed by atoms with E-state index in [2.05, 4.69) is 15.9 Å².